The summed E-state index contributed by atoms with van der Waals surface area (Å²) in [6.07, 6.45) is 5.74. The Balaban J connectivity index is 2.32. The van der Waals surface area contributed by atoms with Crippen LogP contribution in [-0.2, 0) is 0 Å². The number of aromatic nitrogens is 1. The second-order valence-electron chi connectivity index (χ2n) is 5.49. The van der Waals surface area contributed by atoms with Crippen LogP contribution in [0, 0.1) is 12.3 Å². The third-order valence-corrected chi connectivity index (χ3v) is 3.34. The molecule has 0 unspecified atom stereocenters. The monoisotopic (exact) mass is 216 g/mol. The molecule has 1 aliphatic carbocycles. The predicted octanol–water partition coefficient (Wildman–Crippen LogP) is 3.57. The summed E-state index contributed by atoms with van der Waals surface area (Å²) in [5, 5.41) is 0. The number of anilines is 1. The van der Waals surface area contributed by atoms with Gasteiger partial charge in [0, 0.05) is 5.69 Å². The van der Waals surface area contributed by atoms with Gasteiger partial charge in [-0.1, -0.05) is 19.9 Å². The zero-order chi connectivity index (χ0) is 11.8. The van der Waals surface area contributed by atoms with Crippen LogP contribution in [0.4, 0.5) is 5.69 Å². The number of allylic oxidation sites excluding steroid dienone is 2. The van der Waals surface area contributed by atoms with E-state index in [-0.39, 0.29) is 0 Å². The minimum absolute atomic E-state index is 0.433. The highest BCUT2D eigenvalue weighted by molar-refractivity contribution is 5.72. The second kappa shape index (κ2) is 3.93. The standard InChI is InChI=1S/C14H20N2/c1-10-4-5-12(15)13(16-10)11-6-8-14(2,3)9-7-11/h4-6H,7-9,15H2,1-3H3. The molecular weight excluding hydrogens is 196 g/mol. The van der Waals surface area contributed by atoms with Crippen molar-refractivity contribution in [3.63, 3.8) is 0 Å². The molecule has 1 aliphatic rings. The van der Waals surface area contributed by atoms with Gasteiger partial charge in [-0.05, 0) is 49.3 Å². The van der Waals surface area contributed by atoms with Gasteiger partial charge >= 0.3 is 0 Å². The molecule has 86 valence electrons. The van der Waals surface area contributed by atoms with E-state index >= 15 is 0 Å². The number of nitrogens with two attached hydrogens (primary N) is 1. The largest absolute Gasteiger partial charge is 0.397 e. The van der Waals surface area contributed by atoms with Crippen molar-refractivity contribution in [1.82, 2.24) is 4.98 Å². The van der Waals surface area contributed by atoms with Gasteiger partial charge in [-0.15, -0.1) is 0 Å². The van der Waals surface area contributed by atoms with E-state index in [0.29, 0.717) is 5.41 Å². The number of nitrogen functional groups attached to an aromatic ring is 1. The topological polar surface area (TPSA) is 38.9 Å². The van der Waals surface area contributed by atoms with Gasteiger partial charge in [0.15, 0.2) is 0 Å². The molecule has 16 heavy (non-hydrogen) atoms. The van der Waals surface area contributed by atoms with Crippen molar-refractivity contribution in [2.45, 2.75) is 40.0 Å². The molecule has 0 fully saturated rings. The molecule has 0 saturated carbocycles. The summed E-state index contributed by atoms with van der Waals surface area (Å²) in [6, 6.07) is 3.92. The van der Waals surface area contributed by atoms with Crippen molar-refractivity contribution >= 4 is 11.3 Å². The van der Waals surface area contributed by atoms with Gasteiger partial charge in [0.25, 0.3) is 0 Å². The third kappa shape index (κ3) is 2.26. The Morgan fingerprint density at radius 3 is 2.69 bits per heavy atom. The second-order valence-corrected chi connectivity index (χ2v) is 5.49. The fraction of sp³-hybridized carbons (Fsp3) is 0.500. The van der Waals surface area contributed by atoms with Gasteiger partial charge < -0.3 is 5.73 Å². The molecule has 1 aromatic heterocycles. The number of aryl methyl sites for hydroxylation is 1. The molecule has 0 bridgehead atoms. The Labute approximate surface area is 97.6 Å². The first-order valence-electron chi connectivity index (χ1n) is 5.90. The van der Waals surface area contributed by atoms with Crippen molar-refractivity contribution in [1.29, 1.82) is 0 Å². The first kappa shape index (κ1) is 11.2. The Hall–Kier alpha value is -1.31. The number of rotatable bonds is 1. The average molecular weight is 216 g/mol. The number of pyridine rings is 1. The van der Waals surface area contributed by atoms with Gasteiger partial charge in [-0.3, -0.25) is 4.98 Å². The van der Waals surface area contributed by atoms with E-state index in [2.05, 4.69) is 24.9 Å². The van der Waals surface area contributed by atoms with E-state index in [1.807, 2.05) is 19.1 Å². The summed E-state index contributed by atoms with van der Waals surface area (Å²) in [7, 11) is 0. The maximum Gasteiger partial charge on any atom is 0.0890 e. The van der Waals surface area contributed by atoms with Crippen molar-refractivity contribution < 1.29 is 0 Å². The molecule has 0 spiro atoms. The van der Waals surface area contributed by atoms with Crippen LogP contribution >= 0.6 is 0 Å². The highest BCUT2D eigenvalue weighted by atomic mass is 14.8. The SMILES string of the molecule is Cc1ccc(N)c(C2=CCC(C)(C)CC2)n1. The van der Waals surface area contributed by atoms with E-state index < -0.39 is 0 Å². The lowest BCUT2D eigenvalue weighted by atomic mass is 9.77. The molecule has 0 amide bonds. The number of nitrogens with zero attached hydrogens (tertiary/aromatic N) is 1. The predicted molar refractivity (Wildman–Crippen MR) is 69.0 cm³/mol. The summed E-state index contributed by atoms with van der Waals surface area (Å²) in [4.78, 5) is 4.55. The van der Waals surface area contributed by atoms with Gasteiger partial charge in [-0.2, -0.15) is 0 Å². The van der Waals surface area contributed by atoms with Crippen LogP contribution in [-0.4, -0.2) is 4.98 Å². The quantitative estimate of drug-likeness (QED) is 0.779. The molecule has 2 N–H and O–H groups in total. The fourth-order valence-electron chi connectivity index (χ4n) is 2.12. The molecule has 0 atom stereocenters. The molecule has 0 aromatic carbocycles. The van der Waals surface area contributed by atoms with Crippen LogP contribution < -0.4 is 5.73 Å². The number of hydrogen-bond donors (Lipinski definition) is 1. The van der Waals surface area contributed by atoms with Crippen LogP contribution in [0.3, 0.4) is 0 Å². The van der Waals surface area contributed by atoms with E-state index in [9.17, 15) is 0 Å². The first-order valence-corrected chi connectivity index (χ1v) is 5.90. The summed E-state index contributed by atoms with van der Waals surface area (Å²) in [6.45, 7) is 6.64. The zero-order valence-corrected chi connectivity index (χ0v) is 10.4. The zero-order valence-electron chi connectivity index (χ0n) is 10.4. The van der Waals surface area contributed by atoms with E-state index in [1.165, 1.54) is 12.0 Å². The lowest BCUT2D eigenvalue weighted by Gasteiger charge is -2.28. The van der Waals surface area contributed by atoms with Crippen molar-refractivity contribution in [3.05, 3.63) is 29.6 Å². The van der Waals surface area contributed by atoms with E-state index in [0.717, 1.165) is 29.9 Å². The lowest BCUT2D eigenvalue weighted by molar-refractivity contribution is 0.335. The molecule has 1 heterocycles. The average Bonchev–Trinajstić information content (AvgIpc) is 2.22. The Bertz CT molecular complexity index is 430. The molecule has 0 radical (unpaired) electrons. The van der Waals surface area contributed by atoms with E-state index in [1.54, 1.807) is 0 Å². The molecule has 2 heteroatoms. The van der Waals surface area contributed by atoms with Crippen molar-refractivity contribution in [3.8, 4) is 0 Å². The lowest BCUT2D eigenvalue weighted by Crippen LogP contribution is -2.15. The summed E-state index contributed by atoms with van der Waals surface area (Å²) in [5.41, 5.74) is 10.6. The maximum atomic E-state index is 5.98. The fourth-order valence-corrected chi connectivity index (χ4v) is 2.12. The normalized spacial score (nSPS) is 19.3. The van der Waals surface area contributed by atoms with Gasteiger partial charge in [0.1, 0.15) is 0 Å². The van der Waals surface area contributed by atoms with Crippen LogP contribution in [0.5, 0.6) is 0 Å². The minimum atomic E-state index is 0.433. The molecule has 1 aromatic rings. The van der Waals surface area contributed by atoms with Gasteiger partial charge in [-0.25, -0.2) is 0 Å². The third-order valence-electron chi connectivity index (χ3n) is 3.34. The van der Waals surface area contributed by atoms with Crippen LogP contribution in [0.15, 0.2) is 18.2 Å². The Kier molecular flexibility index (Phi) is 2.75. The van der Waals surface area contributed by atoms with Gasteiger partial charge in [0.05, 0.1) is 11.4 Å². The molecular formula is C14H20N2. The Morgan fingerprint density at radius 1 is 1.31 bits per heavy atom. The molecule has 0 aliphatic heterocycles. The highest BCUT2D eigenvalue weighted by Crippen LogP contribution is 2.38. The molecule has 0 saturated heterocycles. The van der Waals surface area contributed by atoms with E-state index in [4.69, 9.17) is 5.73 Å². The van der Waals surface area contributed by atoms with Crippen molar-refractivity contribution in [2.75, 3.05) is 5.73 Å². The minimum Gasteiger partial charge on any atom is -0.397 e. The summed E-state index contributed by atoms with van der Waals surface area (Å²) < 4.78 is 0. The van der Waals surface area contributed by atoms with Crippen LogP contribution in [0.1, 0.15) is 44.5 Å². The maximum absolute atomic E-state index is 5.98. The summed E-state index contributed by atoms with van der Waals surface area (Å²) >= 11 is 0. The van der Waals surface area contributed by atoms with Crippen LogP contribution in [0.2, 0.25) is 0 Å². The molecule has 2 rings (SSSR count). The van der Waals surface area contributed by atoms with Crippen LogP contribution in [0.25, 0.3) is 5.57 Å². The van der Waals surface area contributed by atoms with Gasteiger partial charge in [0.2, 0.25) is 0 Å². The van der Waals surface area contributed by atoms with Crippen molar-refractivity contribution in [2.24, 2.45) is 5.41 Å². The summed E-state index contributed by atoms with van der Waals surface area (Å²) in [5.74, 6) is 0. The molecule has 2 nitrogen and oxygen atoms in total. The number of hydrogen-bond acceptors (Lipinski definition) is 2. The smallest absolute Gasteiger partial charge is 0.0890 e. The first-order chi connectivity index (χ1) is 7.48. The highest BCUT2D eigenvalue weighted by Gasteiger charge is 2.23. The Morgan fingerprint density at radius 2 is 2.06 bits per heavy atom.